The van der Waals surface area contributed by atoms with Gasteiger partial charge in [0, 0.05) is 70.3 Å². The fourth-order valence-electron chi connectivity index (χ4n) is 13.1. The number of aromatic hydroxyl groups is 4. The molecule has 2 unspecified atom stereocenters. The molecule has 3 heterocycles. The Hall–Kier alpha value is -9.11. The van der Waals surface area contributed by atoms with Gasteiger partial charge < -0.3 is 56.5 Å². The van der Waals surface area contributed by atoms with Gasteiger partial charge in [-0.05, 0) is 158 Å². The average Bonchev–Trinajstić information content (AvgIpc) is 0.745. The molecule has 4 aliphatic rings. The molecule has 12 rings (SSSR count). The van der Waals surface area contributed by atoms with Crippen LogP contribution in [0.1, 0.15) is 136 Å². The Morgan fingerprint density at radius 3 is 1.67 bits per heavy atom. The number of benzene rings is 8. The summed E-state index contributed by atoms with van der Waals surface area (Å²) in [7, 11) is 0. The van der Waals surface area contributed by atoms with Crippen LogP contribution >= 0.6 is 0 Å². The first-order valence-corrected chi connectivity index (χ1v) is 31.5. The van der Waals surface area contributed by atoms with Gasteiger partial charge in [0.05, 0.1) is 35.2 Å². The number of allylic oxidation sites excluding steroid dienone is 2. The number of phenolic OH excluding ortho intramolecular Hbond substituents is 4. The van der Waals surface area contributed by atoms with Gasteiger partial charge in [0.1, 0.15) is 41.4 Å². The summed E-state index contributed by atoms with van der Waals surface area (Å²) in [6.07, 6.45) is 9.22. The van der Waals surface area contributed by atoms with Gasteiger partial charge in [-0.15, -0.1) is 0 Å². The molecule has 0 spiro atoms. The second kappa shape index (κ2) is 26.6. The van der Waals surface area contributed by atoms with E-state index < -0.39 is 0 Å². The number of carbonyl (C=O) groups is 1. The van der Waals surface area contributed by atoms with E-state index in [0.717, 1.165) is 67.9 Å². The number of likely N-dealkylation sites (N-methyl/N-ethyl adjacent to an activating group) is 2. The topological polar surface area (TPSA) is 175 Å². The van der Waals surface area contributed by atoms with E-state index in [1.165, 1.54) is 33.3 Å². The van der Waals surface area contributed by atoms with Crippen molar-refractivity contribution in [1.29, 1.82) is 0 Å². The Morgan fingerprint density at radius 2 is 1.15 bits per heavy atom. The third kappa shape index (κ3) is 13.6. The van der Waals surface area contributed by atoms with Crippen molar-refractivity contribution in [2.24, 2.45) is 5.92 Å². The summed E-state index contributed by atoms with van der Waals surface area (Å²) in [5.74, 6) is 0.903. The number of hydrogen-bond acceptors (Lipinski definition) is 10. The van der Waals surface area contributed by atoms with Crippen molar-refractivity contribution in [2.45, 2.75) is 132 Å². The summed E-state index contributed by atoms with van der Waals surface area (Å²) in [4.78, 5) is 15.8. The molecule has 3 aliphatic heterocycles. The Kier molecular flexibility index (Phi) is 19.5. The maximum Gasteiger partial charge on any atom is 0.338 e. The van der Waals surface area contributed by atoms with Crippen molar-refractivity contribution in [3.63, 3.8) is 0 Å². The van der Waals surface area contributed by atoms with Crippen LogP contribution in [0.4, 0.5) is 22.7 Å². The molecular formula is C78H87CoN6O7-. The third-order valence-electron chi connectivity index (χ3n) is 17.7. The number of hydrogen-bond donors (Lipinski definition) is 6. The van der Waals surface area contributed by atoms with Gasteiger partial charge in [0.2, 0.25) is 5.36 Å². The molecule has 481 valence electrons. The van der Waals surface area contributed by atoms with E-state index >= 15 is 0 Å². The SMILES string of the molecule is CC(C)(C)c1ccc(O)c([N-]Nc2c(O)ccc3ccccc23)c1.CC(C)(C)c1ccc(O)c([N-]Nc2c(O)ccc3ccccc23)c1.CCOC(=O)c1ccccc1C1=c2cc3c(cc2OC2C=C4C(=CC12)C(C)=CC(C)(C)N4CC)=[N+](CC)C(C)(C)C=C3C.[Co]. The van der Waals surface area contributed by atoms with E-state index in [2.05, 4.69) is 171 Å². The van der Waals surface area contributed by atoms with Gasteiger partial charge in [0.25, 0.3) is 0 Å². The van der Waals surface area contributed by atoms with Gasteiger partial charge in [-0.1, -0.05) is 168 Å². The smallest absolute Gasteiger partial charge is 0.338 e. The van der Waals surface area contributed by atoms with Gasteiger partial charge in [-0.2, -0.15) is 0 Å². The molecule has 8 aromatic rings. The van der Waals surface area contributed by atoms with Crippen LogP contribution in [0.25, 0.3) is 43.5 Å². The fourth-order valence-corrected chi connectivity index (χ4v) is 13.1. The summed E-state index contributed by atoms with van der Waals surface area (Å²) in [5.41, 5.74) is 27.0. The third-order valence-corrected chi connectivity index (χ3v) is 17.7. The first kappa shape index (κ1) is 67.3. The number of rotatable bonds is 11. The summed E-state index contributed by atoms with van der Waals surface area (Å²) >= 11 is 0. The number of carbonyl (C=O) groups excluding carboxylic acids is 1. The Morgan fingerprint density at radius 1 is 0.630 bits per heavy atom. The predicted octanol–water partition coefficient (Wildman–Crippen LogP) is 17.2. The zero-order chi connectivity index (χ0) is 65.5. The molecule has 92 heavy (non-hydrogen) atoms. The molecule has 14 heteroatoms. The normalized spacial score (nSPS) is 16.7. The van der Waals surface area contributed by atoms with Gasteiger partial charge in [-0.25, -0.2) is 9.37 Å². The van der Waals surface area contributed by atoms with Crippen LogP contribution in [-0.4, -0.2) is 68.2 Å². The summed E-state index contributed by atoms with van der Waals surface area (Å²) in [6.45, 7) is 34.5. The summed E-state index contributed by atoms with van der Waals surface area (Å²) < 4.78 is 15.0. The zero-order valence-electron chi connectivity index (χ0n) is 55.6. The molecule has 2 atom stereocenters. The van der Waals surface area contributed by atoms with Crippen LogP contribution in [-0.2, 0) is 32.3 Å². The molecule has 0 fully saturated rings. The Labute approximate surface area is 552 Å². The fraction of sp³-hybridized carbons (Fsp3) is 0.308. The van der Waals surface area contributed by atoms with Crippen LogP contribution < -0.4 is 30.7 Å². The maximum atomic E-state index is 13.3. The number of esters is 1. The van der Waals surface area contributed by atoms with E-state index in [1.807, 2.05) is 110 Å². The van der Waals surface area contributed by atoms with Crippen molar-refractivity contribution >= 4 is 61.4 Å². The maximum absolute atomic E-state index is 13.3. The molecule has 6 N–H and O–H groups in total. The number of phenols is 4. The van der Waals surface area contributed by atoms with Crippen LogP contribution in [0.2, 0.25) is 0 Å². The second-order valence-corrected chi connectivity index (χ2v) is 27.0. The number of nitrogens with one attached hydrogen (secondary N) is 2. The average molecular weight is 1280 g/mol. The molecule has 8 aromatic carbocycles. The van der Waals surface area contributed by atoms with Crippen LogP contribution in [0.3, 0.4) is 0 Å². The van der Waals surface area contributed by atoms with Crippen molar-refractivity contribution in [3.05, 3.63) is 236 Å². The van der Waals surface area contributed by atoms with Crippen molar-refractivity contribution in [2.75, 3.05) is 30.5 Å². The molecule has 0 amide bonds. The van der Waals surface area contributed by atoms with E-state index in [1.54, 1.807) is 24.3 Å². The Bertz CT molecular complexity index is 4260. The number of nitrogens with zero attached hydrogens (tertiary/aromatic N) is 4. The Balaban J connectivity index is 0.000000174. The quantitative estimate of drug-likeness (QED) is 0.0316. The molecule has 1 aliphatic carbocycles. The molecule has 0 saturated heterocycles. The summed E-state index contributed by atoms with van der Waals surface area (Å²) in [5, 5.41) is 46.4. The summed E-state index contributed by atoms with van der Waals surface area (Å²) in [6, 6.07) is 45.6. The minimum absolute atomic E-state index is 0. The van der Waals surface area contributed by atoms with Gasteiger partial charge in [-0.3, -0.25) is 0 Å². The number of fused-ring (bicyclic) bond motifs is 6. The first-order valence-electron chi connectivity index (χ1n) is 31.5. The largest absolute Gasteiger partial charge is 0.594 e. The van der Waals surface area contributed by atoms with Crippen molar-refractivity contribution < 1.29 is 51.5 Å². The van der Waals surface area contributed by atoms with Crippen molar-refractivity contribution in [3.8, 4) is 28.7 Å². The molecule has 1 radical (unpaired) electrons. The molecule has 0 aromatic heterocycles. The van der Waals surface area contributed by atoms with Crippen LogP contribution in [0.15, 0.2) is 187 Å². The van der Waals surface area contributed by atoms with E-state index in [4.69, 9.17) is 9.47 Å². The minimum Gasteiger partial charge on any atom is -0.594 e. The first-order chi connectivity index (χ1) is 43.1. The number of anilines is 2. The molecular weight excluding hydrogens is 1190 g/mol. The molecule has 0 bridgehead atoms. The van der Waals surface area contributed by atoms with E-state index in [9.17, 15) is 25.2 Å². The monoisotopic (exact) mass is 1280 g/mol. The number of ether oxygens (including phenoxy) is 2. The molecule has 0 saturated carbocycles. The second-order valence-electron chi connectivity index (χ2n) is 27.0. The van der Waals surface area contributed by atoms with E-state index in [0.29, 0.717) is 34.9 Å². The minimum atomic E-state index is -0.296. The van der Waals surface area contributed by atoms with Gasteiger partial charge in [0.15, 0.2) is 5.54 Å². The molecule has 13 nitrogen and oxygen atoms in total. The van der Waals surface area contributed by atoms with Gasteiger partial charge >= 0.3 is 5.97 Å². The van der Waals surface area contributed by atoms with Crippen LogP contribution in [0, 0.1) is 5.92 Å². The standard InChI is InChI=1S/C38H45N2O3.2C20H21N2O2.Co/c1-10-39-31-19-33-29(17-27(31)23(4)21-37(39,6)7)35(25-15-13-14-16-26(25)36(41)42-12-3)30-18-28-24(5)22-38(8,9)40(11-2)32(28)20-34(30)43-33;2*1-20(2,3)14-9-11-17(23)16(12-14)21-22-19-15-7-5-4-6-13(15)8-10-18(19)24;/h13-22,29,33H,10-12H2,1-9H3;2*4-12,22-24H,1-3H3;/q+1;2*-1;. The zero-order valence-corrected chi connectivity index (χ0v) is 56.6. The van der Waals surface area contributed by atoms with E-state index in [-0.39, 0.29) is 79.7 Å². The van der Waals surface area contributed by atoms with Crippen molar-refractivity contribution in [1.82, 2.24) is 9.48 Å². The predicted molar refractivity (Wildman–Crippen MR) is 373 cm³/mol. The van der Waals surface area contributed by atoms with Crippen LogP contribution in [0.5, 0.6) is 28.7 Å².